The normalized spacial score (nSPS) is 27.6. The lowest BCUT2D eigenvalue weighted by molar-refractivity contribution is 0.124. The van der Waals surface area contributed by atoms with Crippen molar-refractivity contribution in [2.24, 2.45) is 0 Å². The van der Waals surface area contributed by atoms with E-state index in [-0.39, 0.29) is 6.10 Å². The molecule has 1 saturated carbocycles. The Hall–Kier alpha value is -0.320. The number of hydrogen-bond donors (Lipinski definition) is 2. The Labute approximate surface area is 92.1 Å². The number of thiazole rings is 1. The van der Waals surface area contributed by atoms with Crippen molar-refractivity contribution in [2.75, 3.05) is 5.32 Å². The summed E-state index contributed by atoms with van der Waals surface area (Å²) in [5.74, 6) is 0. The summed E-state index contributed by atoms with van der Waals surface area (Å²) in [7, 11) is 0. The van der Waals surface area contributed by atoms with Crippen LogP contribution in [0.15, 0.2) is 5.38 Å². The van der Waals surface area contributed by atoms with Crippen LogP contribution in [0, 0.1) is 0 Å². The molecule has 0 saturated heterocycles. The fourth-order valence-electron chi connectivity index (χ4n) is 1.79. The van der Waals surface area contributed by atoms with E-state index in [1.165, 1.54) is 11.3 Å². The Morgan fingerprint density at radius 1 is 1.57 bits per heavy atom. The minimum Gasteiger partial charge on any atom is -0.393 e. The molecule has 2 atom stereocenters. The first-order chi connectivity index (χ1) is 6.74. The molecule has 2 rings (SSSR count). The maximum atomic E-state index is 9.48. The van der Waals surface area contributed by atoms with Gasteiger partial charge in [-0.3, -0.25) is 0 Å². The number of aliphatic hydroxyl groups excluding tert-OH is 1. The quantitative estimate of drug-likeness (QED) is 0.824. The number of halogens is 1. The lowest BCUT2D eigenvalue weighted by Crippen LogP contribution is -2.29. The van der Waals surface area contributed by atoms with Crippen LogP contribution in [-0.2, 0) is 0 Å². The summed E-state index contributed by atoms with van der Waals surface area (Å²) in [5.41, 5.74) is 0. The first-order valence-corrected chi connectivity index (χ1v) is 6.05. The number of nitrogens with zero attached hydrogens (tertiary/aromatic N) is 1. The number of rotatable bonds is 2. The number of aromatic nitrogens is 1. The number of anilines is 1. The highest BCUT2D eigenvalue weighted by Crippen LogP contribution is 2.25. The molecule has 0 aliphatic heterocycles. The topological polar surface area (TPSA) is 45.1 Å². The Kier molecular flexibility index (Phi) is 3.26. The third-order valence-corrected chi connectivity index (χ3v) is 3.55. The van der Waals surface area contributed by atoms with Crippen LogP contribution < -0.4 is 5.32 Å². The third kappa shape index (κ3) is 2.59. The van der Waals surface area contributed by atoms with Gasteiger partial charge in [-0.25, -0.2) is 4.98 Å². The number of aliphatic hydroxyl groups is 1. The number of nitrogens with one attached hydrogen (secondary N) is 1. The molecule has 3 nitrogen and oxygen atoms in total. The molecule has 2 unspecified atom stereocenters. The lowest BCUT2D eigenvalue weighted by Gasteiger charge is -2.26. The minimum absolute atomic E-state index is 0.156. The standard InChI is InChI=1S/C9H13ClN2OS/c10-8-5-14-9(12-8)11-6-2-1-3-7(13)4-6/h5-7,13H,1-4H2,(H,11,12). The average molecular weight is 233 g/mol. The molecule has 1 aromatic rings. The zero-order valence-corrected chi connectivity index (χ0v) is 9.31. The average Bonchev–Trinajstić information content (AvgIpc) is 2.51. The van der Waals surface area contributed by atoms with Crippen molar-refractivity contribution in [3.05, 3.63) is 10.5 Å². The maximum Gasteiger partial charge on any atom is 0.184 e. The summed E-state index contributed by atoms with van der Waals surface area (Å²) < 4.78 is 0. The summed E-state index contributed by atoms with van der Waals surface area (Å²) in [6, 6.07) is 0.348. The number of hydrogen-bond acceptors (Lipinski definition) is 4. The van der Waals surface area contributed by atoms with E-state index in [9.17, 15) is 5.11 Å². The molecule has 1 aliphatic carbocycles. The van der Waals surface area contributed by atoms with E-state index < -0.39 is 0 Å². The van der Waals surface area contributed by atoms with Gasteiger partial charge in [0.15, 0.2) is 5.13 Å². The van der Waals surface area contributed by atoms with E-state index in [0.29, 0.717) is 11.2 Å². The smallest absolute Gasteiger partial charge is 0.184 e. The van der Waals surface area contributed by atoms with Crippen LogP contribution in [0.25, 0.3) is 0 Å². The lowest BCUT2D eigenvalue weighted by atomic mass is 9.93. The predicted octanol–water partition coefficient (Wildman–Crippen LogP) is 2.51. The van der Waals surface area contributed by atoms with E-state index in [2.05, 4.69) is 10.3 Å². The monoisotopic (exact) mass is 232 g/mol. The van der Waals surface area contributed by atoms with Crippen LogP contribution in [-0.4, -0.2) is 22.2 Å². The van der Waals surface area contributed by atoms with E-state index in [1.807, 2.05) is 5.38 Å². The van der Waals surface area contributed by atoms with Crippen LogP contribution in [0.1, 0.15) is 25.7 Å². The molecule has 0 radical (unpaired) electrons. The fraction of sp³-hybridized carbons (Fsp3) is 0.667. The molecular weight excluding hydrogens is 220 g/mol. The van der Waals surface area contributed by atoms with Gasteiger partial charge >= 0.3 is 0 Å². The van der Waals surface area contributed by atoms with Gasteiger partial charge in [0.2, 0.25) is 0 Å². The van der Waals surface area contributed by atoms with E-state index in [0.717, 1.165) is 30.8 Å². The second-order valence-electron chi connectivity index (χ2n) is 3.64. The van der Waals surface area contributed by atoms with Crippen molar-refractivity contribution < 1.29 is 5.11 Å². The summed E-state index contributed by atoms with van der Waals surface area (Å²) in [6.07, 6.45) is 3.77. The molecule has 0 amide bonds. The second-order valence-corrected chi connectivity index (χ2v) is 4.88. The Balaban J connectivity index is 1.90. The predicted molar refractivity (Wildman–Crippen MR) is 59.0 cm³/mol. The highest BCUT2D eigenvalue weighted by Gasteiger charge is 2.20. The highest BCUT2D eigenvalue weighted by atomic mass is 35.5. The van der Waals surface area contributed by atoms with Gasteiger partial charge in [-0.05, 0) is 25.7 Å². The molecule has 2 N–H and O–H groups in total. The maximum absolute atomic E-state index is 9.48. The van der Waals surface area contributed by atoms with E-state index >= 15 is 0 Å². The Morgan fingerprint density at radius 3 is 3.07 bits per heavy atom. The Bertz CT molecular complexity index is 305. The van der Waals surface area contributed by atoms with Crippen molar-refractivity contribution in [1.29, 1.82) is 0 Å². The van der Waals surface area contributed by atoms with Crippen molar-refractivity contribution in [3.63, 3.8) is 0 Å². The summed E-state index contributed by atoms with van der Waals surface area (Å²) in [5, 5.41) is 16.0. The van der Waals surface area contributed by atoms with Crippen LogP contribution in [0.2, 0.25) is 5.15 Å². The molecule has 1 heterocycles. The SMILES string of the molecule is OC1CCCC(Nc2nc(Cl)cs2)C1. The van der Waals surface area contributed by atoms with Gasteiger partial charge in [-0.1, -0.05) is 11.6 Å². The molecular formula is C9H13ClN2OS. The molecule has 1 aliphatic rings. The van der Waals surface area contributed by atoms with Gasteiger partial charge in [0, 0.05) is 11.4 Å². The van der Waals surface area contributed by atoms with Gasteiger partial charge < -0.3 is 10.4 Å². The van der Waals surface area contributed by atoms with Crippen LogP contribution in [0.4, 0.5) is 5.13 Å². The molecule has 5 heteroatoms. The largest absolute Gasteiger partial charge is 0.393 e. The van der Waals surface area contributed by atoms with Crippen LogP contribution >= 0.6 is 22.9 Å². The fourth-order valence-corrected chi connectivity index (χ4v) is 2.71. The van der Waals surface area contributed by atoms with Gasteiger partial charge in [0.25, 0.3) is 0 Å². The van der Waals surface area contributed by atoms with Gasteiger partial charge in [-0.15, -0.1) is 11.3 Å². The first-order valence-electron chi connectivity index (χ1n) is 4.79. The molecule has 0 bridgehead atoms. The van der Waals surface area contributed by atoms with E-state index in [4.69, 9.17) is 11.6 Å². The molecule has 1 fully saturated rings. The highest BCUT2D eigenvalue weighted by molar-refractivity contribution is 7.14. The molecule has 78 valence electrons. The molecule has 14 heavy (non-hydrogen) atoms. The van der Waals surface area contributed by atoms with Crippen molar-refractivity contribution in [2.45, 2.75) is 37.8 Å². The van der Waals surface area contributed by atoms with Crippen LogP contribution in [0.5, 0.6) is 0 Å². The summed E-state index contributed by atoms with van der Waals surface area (Å²) >= 11 is 7.23. The van der Waals surface area contributed by atoms with Gasteiger partial charge in [-0.2, -0.15) is 0 Å². The molecule has 0 aromatic carbocycles. The summed E-state index contributed by atoms with van der Waals surface area (Å²) in [4.78, 5) is 4.12. The third-order valence-electron chi connectivity index (χ3n) is 2.45. The van der Waals surface area contributed by atoms with Gasteiger partial charge in [0.1, 0.15) is 5.15 Å². The van der Waals surface area contributed by atoms with Crippen molar-refractivity contribution in [1.82, 2.24) is 4.98 Å². The molecule has 1 aromatic heterocycles. The Morgan fingerprint density at radius 2 is 2.43 bits per heavy atom. The second kappa shape index (κ2) is 4.47. The van der Waals surface area contributed by atoms with Crippen molar-refractivity contribution in [3.8, 4) is 0 Å². The van der Waals surface area contributed by atoms with Crippen LogP contribution in [0.3, 0.4) is 0 Å². The first kappa shape index (κ1) is 10.2. The van der Waals surface area contributed by atoms with E-state index in [1.54, 1.807) is 0 Å². The molecule has 0 spiro atoms. The minimum atomic E-state index is -0.156. The zero-order chi connectivity index (χ0) is 9.97. The van der Waals surface area contributed by atoms with Crippen molar-refractivity contribution >= 4 is 28.1 Å². The van der Waals surface area contributed by atoms with Gasteiger partial charge in [0.05, 0.1) is 6.10 Å². The summed E-state index contributed by atoms with van der Waals surface area (Å²) in [6.45, 7) is 0. The zero-order valence-electron chi connectivity index (χ0n) is 7.74.